The molecule has 0 unspecified atom stereocenters. The molecule has 0 N–H and O–H groups in total. The smallest absolute Gasteiger partial charge is 0.550 e. The third kappa shape index (κ3) is 2070. The minimum atomic E-state index is -1.08. The zero-order valence-corrected chi connectivity index (χ0v) is 16.8. The standard InChI is InChI=1S/6C2H4O2.2Fe/c6*1-2(3)4;;/h6*1H3,(H,3,4);;/q;;;;;;2*+3/p-6. The molecule has 26 heavy (non-hydrogen) atoms. The monoisotopic (exact) mass is 466 g/mol. The van der Waals surface area contributed by atoms with Crippen molar-refractivity contribution in [3.8, 4) is 0 Å². The molecular weight excluding hydrogens is 448 g/mol. The summed E-state index contributed by atoms with van der Waals surface area (Å²) in [5.41, 5.74) is 0. The van der Waals surface area contributed by atoms with Gasteiger partial charge in [0.05, 0.1) is 0 Å². The summed E-state index contributed by atoms with van der Waals surface area (Å²) >= 11 is 0. The molecule has 0 amide bonds. The molecule has 0 bridgehead atoms. The number of carboxylic acids is 6. The Labute approximate surface area is 171 Å². The Hall–Kier alpha value is -2.14. The maximum atomic E-state index is 8.89. The molecule has 0 heterocycles. The van der Waals surface area contributed by atoms with Crippen LogP contribution in [0.3, 0.4) is 0 Å². The minimum Gasteiger partial charge on any atom is -0.550 e. The fourth-order valence-corrected chi connectivity index (χ4v) is 0. The van der Waals surface area contributed by atoms with Gasteiger partial charge < -0.3 is 59.4 Å². The van der Waals surface area contributed by atoms with Crippen LogP contribution in [0.15, 0.2) is 0 Å². The molecule has 0 spiro atoms. The first-order valence-corrected chi connectivity index (χ1v) is 5.45. The van der Waals surface area contributed by atoms with Crippen molar-refractivity contribution in [2.75, 3.05) is 0 Å². The topological polar surface area (TPSA) is 241 Å². The number of aliphatic carboxylic acids is 6. The summed E-state index contributed by atoms with van der Waals surface area (Å²) in [7, 11) is 0. The van der Waals surface area contributed by atoms with Gasteiger partial charge >= 0.3 is 34.1 Å². The van der Waals surface area contributed by atoms with E-state index in [0.717, 1.165) is 41.5 Å². The van der Waals surface area contributed by atoms with Crippen LogP contribution >= 0.6 is 0 Å². The molecule has 0 aromatic rings. The van der Waals surface area contributed by atoms with Crippen LogP contribution in [0.4, 0.5) is 0 Å². The summed E-state index contributed by atoms with van der Waals surface area (Å²) in [6, 6.07) is 0. The van der Waals surface area contributed by atoms with E-state index in [-0.39, 0.29) is 34.1 Å². The third-order valence-corrected chi connectivity index (χ3v) is 0. The van der Waals surface area contributed by atoms with Crippen LogP contribution in [0.25, 0.3) is 0 Å². The van der Waals surface area contributed by atoms with Gasteiger partial charge in [-0.15, -0.1) is 0 Å². The van der Waals surface area contributed by atoms with E-state index < -0.39 is 35.8 Å². The first kappa shape index (κ1) is 49.6. The molecular formula is C12H18Fe2O12. The summed E-state index contributed by atoms with van der Waals surface area (Å²) in [5, 5.41) is 53.3. The van der Waals surface area contributed by atoms with Crippen LogP contribution in [0.2, 0.25) is 0 Å². The number of hydrogen-bond donors (Lipinski definition) is 0. The summed E-state index contributed by atoms with van der Waals surface area (Å²) in [5.74, 6) is -6.50. The maximum absolute atomic E-state index is 8.89. The Morgan fingerprint density at radius 1 is 0.346 bits per heavy atom. The molecule has 0 aromatic carbocycles. The van der Waals surface area contributed by atoms with Gasteiger partial charge in [0, 0.05) is 35.8 Å². The molecule has 0 rings (SSSR count). The van der Waals surface area contributed by atoms with Crippen molar-refractivity contribution in [1.29, 1.82) is 0 Å². The van der Waals surface area contributed by atoms with Gasteiger partial charge in [0.1, 0.15) is 0 Å². The van der Waals surface area contributed by atoms with Crippen molar-refractivity contribution in [1.82, 2.24) is 0 Å². The van der Waals surface area contributed by atoms with Gasteiger partial charge in [0.15, 0.2) is 0 Å². The Bertz CT molecular complexity index is 265. The second kappa shape index (κ2) is 43.4. The minimum absolute atomic E-state index is 0. The van der Waals surface area contributed by atoms with Crippen LogP contribution in [-0.4, -0.2) is 35.8 Å². The van der Waals surface area contributed by atoms with Crippen molar-refractivity contribution in [2.45, 2.75) is 41.5 Å². The Morgan fingerprint density at radius 3 is 0.346 bits per heavy atom. The average Bonchev–Trinajstić information content (AvgIpc) is 2.08. The SMILES string of the molecule is CC(=O)[O-].CC(=O)[O-].CC(=O)[O-].CC(=O)[O-].CC(=O)[O-].CC(=O)[O-].[Fe+3].[Fe+3]. The Kier molecular flexibility index (Phi) is 82.8. The summed E-state index contributed by atoms with van der Waals surface area (Å²) in [6.45, 7) is 5.83. The normalized spacial score (nSPS) is 5.77. The van der Waals surface area contributed by atoms with E-state index in [4.69, 9.17) is 59.4 Å². The van der Waals surface area contributed by atoms with Crippen molar-refractivity contribution in [3.63, 3.8) is 0 Å². The van der Waals surface area contributed by atoms with E-state index in [2.05, 4.69) is 0 Å². The Balaban J connectivity index is -0.0000000245. The van der Waals surface area contributed by atoms with E-state index in [1.54, 1.807) is 0 Å². The molecule has 0 atom stereocenters. The molecule has 0 fully saturated rings. The van der Waals surface area contributed by atoms with Gasteiger partial charge in [-0.1, -0.05) is 0 Å². The van der Waals surface area contributed by atoms with Crippen LogP contribution in [0, 0.1) is 0 Å². The second-order valence-corrected chi connectivity index (χ2v) is 2.95. The molecule has 154 valence electrons. The zero-order chi connectivity index (χ0) is 21.5. The maximum Gasteiger partial charge on any atom is 3.00 e. The first-order valence-electron chi connectivity index (χ1n) is 5.45. The van der Waals surface area contributed by atoms with Crippen molar-refractivity contribution in [3.05, 3.63) is 0 Å². The van der Waals surface area contributed by atoms with Crippen molar-refractivity contribution >= 4 is 35.8 Å². The van der Waals surface area contributed by atoms with Crippen LogP contribution in [-0.2, 0) is 62.9 Å². The molecule has 0 aliphatic carbocycles. The van der Waals surface area contributed by atoms with Gasteiger partial charge in [-0.05, 0) is 41.5 Å². The molecule has 0 aliphatic heterocycles. The number of hydrogen-bond acceptors (Lipinski definition) is 12. The largest absolute Gasteiger partial charge is 3.00 e. The fraction of sp³-hybridized carbons (Fsp3) is 0.500. The molecule has 0 aliphatic rings. The average molecular weight is 466 g/mol. The molecule has 12 nitrogen and oxygen atoms in total. The van der Waals surface area contributed by atoms with Crippen molar-refractivity contribution in [2.24, 2.45) is 0 Å². The fourth-order valence-electron chi connectivity index (χ4n) is 0. The van der Waals surface area contributed by atoms with E-state index in [1.165, 1.54) is 0 Å². The zero-order valence-electron chi connectivity index (χ0n) is 14.6. The quantitative estimate of drug-likeness (QED) is 0.303. The number of carbonyl (C=O) groups excluding carboxylic acids is 6. The van der Waals surface area contributed by atoms with Gasteiger partial charge in [-0.2, -0.15) is 0 Å². The summed E-state index contributed by atoms with van der Waals surface area (Å²) in [6.07, 6.45) is 0. The second-order valence-electron chi connectivity index (χ2n) is 2.95. The predicted molar refractivity (Wildman–Crippen MR) is 64.1 cm³/mol. The molecule has 0 saturated carbocycles. The van der Waals surface area contributed by atoms with Crippen LogP contribution in [0.1, 0.15) is 41.5 Å². The predicted octanol–water partition coefficient (Wildman–Crippen LogP) is -7.47. The summed E-state index contributed by atoms with van der Waals surface area (Å²) < 4.78 is 0. The Morgan fingerprint density at radius 2 is 0.346 bits per heavy atom. The van der Waals surface area contributed by atoms with Gasteiger partial charge in [0.25, 0.3) is 0 Å². The van der Waals surface area contributed by atoms with Crippen LogP contribution < -0.4 is 30.6 Å². The summed E-state index contributed by atoms with van der Waals surface area (Å²) in [4.78, 5) is 53.3. The molecule has 0 saturated heterocycles. The van der Waals surface area contributed by atoms with Crippen LogP contribution in [0.5, 0.6) is 0 Å². The molecule has 14 heteroatoms. The van der Waals surface area contributed by atoms with E-state index in [9.17, 15) is 0 Å². The van der Waals surface area contributed by atoms with E-state index in [1.807, 2.05) is 0 Å². The number of rotatable bonds is 0. The third-order valence-electron chi connectivity index (χ3n) is 0. The van der Waals surface area contributed by atoms with Gasteiger partial charge in [0.2, 0.25) is 0 Å². The van der Waals surface area contributed by atoms with Gasteiger partial charge in [-0.25, -0.2) is 0 Å². The molecule has 0 aromatic heterocycles. The van der Waals surface area contributed by atoms with Gasteiger partial charge in [-0.3, -0.25) is 0 Å². The van der Waals surface area contributed by atoms with E-state index >= 15 is 0 Å². The van der Waals surface area contributed by atoms with E-state index in [0.29, 0.717) is 0 Å². The number of carbonyl (C=O) groups is 6. The van der Waals surface area contributed by atoms with Crippen molar-refractivity contribution < 1.29 is 93.5 Å². The molecule has 2 radical (unpaired) electrons. The first-order chi connectivity index (χ1) is 10.4. The number of carboxylic acid groups (broad SMARTS) is 6.